The van der Waals surface area contributed by atoms with Crippen LogP contribution in [0.5, 0.6) is 5.75 Å². The first-order valence-electron chi connectivity index (χ1n) is 8.04. The Labute approximate surface area is 141 Å². The summed E-state index contributed by atoms with van der Waals surface area (Å²) in [5.41, 5.74) is 1.48. The van der Waals surface area contributed by atoms with E-state index in [2.05, 4.69) is 29.8 Å². The quantitative estimate of drug-likeness (QED) is 0.838. The highest BCUT2D eigenvalue weighted by Gasteiger charge is 2.27. The van der Waals surface area contributed by atoms with Gasteiger partial charge in [0.05, 0.1) is 18.3 Å². The van der Waals surface area contributed by atoms with Gasteiger partial charge in [0.15, 0.2) is 0 Å². The number of likely N-dealkylation sites (N-methyl/N-ethyl adjacent to an activating group) is 1. The van der Waals surface area contributed by atoms with E-state index in [1.165, 1.54) is 4.57 Å². The minimum absolute atomic E-state index is 0.214. The summed E-state index contributed by atoms with van der Waals surface area (Å²) in [5, 5.41) is 10.5. The van der Waals surface area contributed by atoms with E-state index in [0.29, 0.717) is 5.75 Å². The molecule has 1 aliphatic rings. The van der Waals surface area contributed by atoms with Gasteiger partial charge in [-0.1, -0.05) is 0 Å². The van der Waals surface area contributed by atoms with E-state index in [0.717, 1.165) is 36.2 Å². The van der Waals surface area contributed by atoms with Crippen LogP contribution in [0.25, 0.3) is 10.9 Å². The molecular weight excluding hydrogens is 304 g/mol. The summed E-state index contributed by atoms with van der Waals surface area (Å²) >= 11 is 0. The Hall–Kier alpha value is -2.52. The standard InChI is InChI=1S/C18H22N4O2/c1-12-11-20(2)7-8-22(12)17-14-6-5-13(24-4)9-16(14)21(3)18(23)15(17)10-19/h5-6,9,12H,7-8,11H2,1-4H3. The van der Waals surface area contributed by atoms with Gasteiger partial charge in [-0.05, 0) is 26.1 Å². The molecule has 3 rings (SSSR count). The molecule has 0 amide bonds. The minimum Gasteiger partial charge on any atom is -0.497 e. The number of aryl methyl sites for hydroxylation is 1. The van der Waals surface area contributed by atoms with Crippen LogP contribution in [0.2, 0.25) is 0 Å². The van der Waals surface area contributed by atoms with Crippen LogP contribution in [0.3, 0.4) is 0 Å². The van der Waals surface area contributed by atoms with Crippen molar-refractivity contribution in [2.45, 2.75) is 13.0 Å². The molecule has 126 valence electrons. The zero-order valence-electron chi connectivity index (χ0n) is 14.5. The average Bonchev–Trinajstić information content (AvgIpc) is 2.58. The van der Waals surface area contributed by atoms with Gasteiger partial charge in [-0.25, -0.2) is 0 Å². The van der Waals surface area contributed by atoms with Gasteiger partial charge in [-0.3, -0.25) is 4.79 Å². The summed E-state index contributed by atoms with van der Waals surface area (Å²) in [5.74, 6) is 0.694. The molecule has 1 aromatic carbocycles. The van der Waals surface area contributed by atoms with Crippen LogP contribution in [0, 0.1) is 11.3 Å². The number of nitrogens with zero attached hydrogens (tertiary/aromatic N) is 4. The zero-order valence-corrected chi connectivity index (χ0v) is 14.5. The Morgan fingerprint density at radius 2 is 2.04 bits per heavy atom. The molecule has 1 aromatic heterocycles. The minimum atomic E-state index is -0.264. The SMILES string of the molecule is COc1ccc2c(N3CCN(C)CC3C)c(C#N)c(=O)n(C)c2c1. The number of aromatic nitrogens is 1. The molecule has 6 nitrogen and oxygen atoms in total. The van der Waals surface area contributed by atoms with Crippen molar-refractivity contribution in [2.24, 2.45) is 7.05 Å². The number of methoxy groups -OCH3 is 1. The Morgan fingerprint density at radius 1 is 1.29 bits per heavy atom. The predicted molar refractivity (Wildman–Crippen MR) is 94.8 cm³/mol. The molecule has 1 atom stereocenters. The first-order valence-corrected chi connectivity index (χ1v) is 8.04. The van der Waals surface area contributed by atoms with Gasteiger partial charge in [0, 0.05) is 44.2 Å². The van der Waals surface area contributed by atoms with E-state index < -0.39 is 0 Å². The molecule has 0 bridgehead atoms. The number of ether oxygens (including phenoxy) is 1. The Kier molecular flexibility index (Phi) is 4.20. The van der Waals surface area contributed by atoms with Crippen molar-refractivity contribution in [3.63, 3.8) is 0 Å². The number of hydrogen-bond donors (Lipinski definition) is 0. The number of fused-ring (bicyclic) bond motifs is 1. The number of hydrogen-bond acceptors (Lipinski definition) is 5. The molecule has 2 heterocycles. The van der Waals surface area contributed by atoms with E-state index in [9.17, 15) is 10.1 Å². The summed E-state index contributed by atoms with van der Waals surface area (Å²) < 4.78 is 6.82. The molecule has 6 heteroatoms. The van der Waals surface area contributed by atoms with Gasteiger partial charge in [0.2, 0.25) is 0 Å². The second-order valence-corrected chi connectivity index (χ2v) is 6.39. The molecule has 0 aliphatic carbocycles. The van der Waals surface area contributed by atoms with Crippen molar-refractivity contribution in [3.8, 4) is 11.8 Å². The molecule has 0 radical (unpaired) electrons. The van der Waals surface area contributed by atoms with Gasteiger partial charge in [0.25, 0.3) is 5.56 Å². The highest BCUT2D eigenvalue weighted by Crippen LogP contribution is 2.32. The molecule has 1 aliphatic heterocycles. The van der Waals surface area contributed by atoms with Crippen LogP contribution in [0.1, 0.15) is 12.5 Å². The van der Waals surface area contributed by atoms with Crippen molar-refractivity contribution < 1.29 is 4.74 Å². The number of piperazine rings is 1. The normalized spacial score (nSPS) is 18.6. The van der Waals surface area contributed by atoms with Gasteiger partial charge < -0.3 is 19.1 Å². The van der Waals surface area contributed by atoms with E-state index in [4.69, 9.17) is 4.74 Å². The molecule has 0 saturated carbocycles. The maximum Gasteiger partial charge on any atom is 0.270 e. The Bertz CT molecular complexity index is 881. The maximum absolute atomic E-state index is 12.7. The second kappa shape index (κ2) is 6.17. The van der Waals surface area contributed by atoms with Crippen LogP contribution in [-0.4, -0.2) is 49.3 Å². The largest absolute Gasteiger partial charge is 0.497 e. The molecule has 1 fully saturated rings. The summed E-state index contributed by atoms with van der Waals surface area (Å²) in [6, 6.07) is 8.03. The van der Waals surface area contributed by atoms with Crippen LogP contribution >= 0.6 is 0 Å². The summed E-state index contributed by atoms with van der Waals surface area (Å²) in [6.07, 6.45) is 0. The average molecular weight is 326 g/mol. The number of rotatable bonds is 2. The Balaban J connectivity index is 2.31. The number of benzene rings is 1. The molecule has 1 unspecified atom stereocenters. The fourth-order valence-electron chi connectivity index (χ4n) is 3.50. The molecule has 24 heavy (non-hydrogen) atoms. The van der Waals surface area contributed by atoms with Gasteiger partial charge in [-0.15, -0.1) is 0 Å². The summed E-state index contributed by atoms with van der Waals surface area (Å²) in [4.78, 5) is 17.2. The lowest BCUT2D eigenvalue weighted by atomic mass is 10.0. The van der Waals surface area contributed by atoms with Crippen molar-refractivity contribution >= 4 is 16.6 Å². The van der Waals surface area contributed by atoms with Crippen LogP contribution < -0.4 is 15.2 Å². The van der Waals surface area contributed by atoms with Gasteiger partial charge >= 0.3 is 0 Å². The lowest BCUT2D eigenvalue weighted by Crippen LogP contribution is -2.51. The number of pyridine rings is 1. The smallest absolute Gasteiger partial charge is 0.270 e. The third-order valence-corrected chi connectivity index (χ3v) is 4.81. The maximum atomic E-state index is 12.7. The molecule has 1 saturated heterocycles. The van der Waals surface area contributed by atoms with Crippen LogP contribution in [-0.2, 0) is 7.05 Å². The molecule has 0 N–H and O–H groups in total. The van der Waals surface area contributed by atoms with Crippen molar-refractivity contribution in [3.05, 3.63) is 34.1 Å². The molecule has 0 spiro atoms. The van der Waals surface area contributed by atoms with Crippen molar-refractivity contribution in [1.82, 2.24) is 9.47 Å². The van der Waals surface area contributed by atoms with E-state index in [1.54, 1.807) is 14.2 Å². The number of anilines is 1. The highest BCUT2D eigenvalue weighted by atomic mass is 16.5. The first-order chi connectivity index (χ1) is 11.5. The first kappa shape index (κ1) is 16.3. The van der Waals surface area contributed by atoms with E-state index >= 15 is 0 Å². The summed E-state index contributed by atoms with van der Waals surface area (Å²) in [7, 11) is 5.39. The summed E-state index contributed by atoms with van der Waals surface area (Å²) in [6.45, 7) is 4.73. The lowest BCUT2D eigenvalue weighted by molar-refractivity contribution is 0.276. The third kappa shape index (κ3) is 2.51. The molecule has 2 aromatic rings. The van der Waals surface area contributed by atoms with Crippen molar-refractivity contribution in [1.29, 1.82) is 5.26 Å². The van der Waals surface area contributed by atoms with Crippen LogP contribution in [0.15, 0.2) is 23.0 Å². The molecular formula is C18H22N4O2. The monoisotopic (exact) mass is 326 g/mol. The fourth-order valence-corrected chi connectivity index (χ4v) is 3.50. The van der Waals surface area contributed by atoms with Crippen LogP contribution in [0.4, 0.5) is 5.69 Å². The Morgan fingerprint density at radius 3 is 2.67 bits per heavy atom. The second-order valence-electron chi connectivity index (χ2n) is 6.39. The third-order valence-electron chi connectivity index (χ3n) is 4.81. The number of nitriles is 1. The van der Waals surface area contributed by atoms with E-state index in [-0.39, 0.29) is 17.2 Å². The van der Waals surface area contributed by atoms with E-state index in [1.807, 2.05) is 18.2 Å². The zero-order chi connectivity index (χ0) is 17.4. The topological polar surface area (TPSA) is 61.5 Å². The predicted octanol–water partition coefficient (Wildman–Crippen LogP) is 1.56. The van der Waals surface area contributed by atoms with Gasteiger partial charge in [0.1, 0.15) is 17.4 Å². The fraction of sp³-hybridized carbons (Fsp3) is 0.444. The highest BCUT2D eigenvalue weighted by molar-refractivity contribution is 5.95. The lowest BCUT2D eigenvalue weighted by Gasteiger charge is -2.40. The van der Waals surface area contributed by atoms with Gasteiger partial charge in [-0.2, -0.15) is 5.26 Å². The van der Waals surface area contributed by atoms with Crippen molar-refractivity contribution in [2.75, 3.05) is 38.7 Å².